The number of aliphatic imine (C=N–C) groups is 1. The fourth-order valence-electron chi connectivity index (χ4n) is 3.73. The molecule has 0 spiro atoms. The molecule has 0 fully saturated rings. The SMILES string of the molecule is CN1C(c2ccccc2)=Nc2c(sc3cc(Cl)ccc23)C1c1ccccc1. The largest absolute Gasteiger partial charge is 0.347 e. The topological polar surface area (TPSA) is 15.6 Å². The van der Waals surface area contributed by atoms with Crippen molar-refractivity contribution in [2.24, 2.45) is 4.99 Å². The highest BCUT2D eigenvalue weighted by molar-refractivity contribution is 7.20. The Hall–Kier alpha value is -2.62. The van der Waals surface area contributed by atoms with E-state index in [0.29, 0.717) is 0 Å². The Morgan fingerprint density at radius 2 is 1.63 bits per heavy atom. The second-order valence-electron chi connectivity index (χ2n) is 6.68. The first kappa shape index (κ1) is 16.5. The molecule has 0 saturated heterocycles. The van der Waals surface area contributed by atoms with E-state index in [-0.39, 0.29) is 6.04 Å². The second-order valence-corrected chi connectivity index (χ2v) is 8.20. The molecule has 132 valence electrons. The number of halogens is 1. The summed E-state index contributed by atoms with van der Waals surface area (Å²) < 4.78 is 1.18. The summed E-state index contributed by atoms with van der Waals surface area (Å²) in [6.07, 6.45) is 0. The standard InChI is InChI=1S/C23H17ClN2S/c1-26-21(15-8-4-2-5-9-15)22-20(18-13-12-17(24)14-19(18)27-22)25-23(26)16-10-6-3-7-11-16/h2-14,21H,1H3. The number of amidine groups is 1. The summed E-state index contributed by atoms with van der Waals surface area (Å²) in [6, 6.07) is 27.2. The van der Waals surface area contributed by atoms with E-state index in [1.165, 1.54) is 20.5 Å². The lowest BCUT2D eigenvalue weighted by molar-refractivity contribution is 0.428. The lowest BCUT2D eigenvalue weighted by Crippen LogP contribution is -2.34. The Bertz CT molecular complexity index is 1150. The van der Waals surface area contributed by atoms with Crippen LogP contribution in [0.4, 0.5) is 5.69 Å². The third kappa shape index (κ3) is 2.75. The Balaban J connectivity index is 1.80. The molecule has 0 N–H and O–H groups in total. The van der Waals surface area contributed by atoms with Gasteiger partial charge in [-0.2, -0.15) is 0 Å². The van der Waals surface area contributed by atoms with E-state index in [9.17, 15) is 0 Å². The van der Waals surface area contributed by atoms with Crippen LogP contribution in [0.15, 0.2) is 83.9 Å². The molecular weight excluding hydrogens is 372 g/mol. The Morgan fingerprint density at radius 1 is 0.926 bits per heavy atom. The smallest absolute Gasteiger partial charge is 0.137 e. The van der Waals surface area contributed by atoms with Gasteiger partial charge < -0.3 is 4.90 Å². The average molecular weight is 389 g/mol. The molecule has 0 amide bonds. The van der Waals surface area contributed by atoms with E-state index < -0.39 is 0 Å². The van der Waals surface area contributed by atoms with Crippen LogP contribution in [0.2, 0.25) is 5.02 Å². The molecule has 1 atom stereocenters. The number of benzene rings is 3. The lowest BCUT2D eigenvalue weighted by atomic mass is 9.99. The highest BCUT2D eigenvalue weighted by Crippen LogP contribution is 2.48. The predicted octanol–water partition coefficient (Wildman–Crippen LogP) is 6.67. The van der Waals surface area contributed by atoms with Gasteiger partial charge in [0.05, 0.1) is 16.6 Å². The minimum Gasteiger partial charge on any atom is -0.347 e. The molecule has 1 aliphatic heterocycles. The van der Waals surface area contributed by atoms with Gasteiger partial charge in [-0.3, -0.25) is 0 Å². The minimum absolute atomic E-state index is 0.130. The lowest BCUT2D eigenvalue weighted by Gasteiger charge is -2.34. The summed E-state index contributed by atoms with van der Waals surface area (Å²) in [7, 11) is 2.13. The highest BCUT2D eigenvalue weighted by Gasteiger charge is 2.32. The van der Waals surface area contributed by atoms with Crippen LogP contribution in [-0.4, -0.2) is 17.8 Å². The predicted molar refractivity (Wildman–Crippen MR) is 116 cm³/mol. The van der Waals surface area contributed by atoms with E-state index in [1.54, 1.807) is 11.3 Å². The zero-order valence-electron chi connectivity index (χ0n) is 14.8. The van der Waals surface area contributed by atoms with Crippen LogP contribution >= 0.6 is 22.9 Å². The maximum Gasteiger partial charge on any atom is 0.137 e. The van der Waals surface area contributed by atoms with Gasteiger partial charge in [0.1, 0.15) is 5.84 Å². The third-order valence-electron chi connectivity index (χ3n) is 4.99. The van der Waals surface area contributed by atoms with Crippen molar-refractivity contribution < 1.29 is 0 Å². The molecule has 0 saturated carbocycles. The van der Waals surface area contributed by atoms with Crippen LogP contribution in [0, 0.1) is 0 Å². The van der Waals surface area contributed by atoms with Crippen LogP contribution in [-0.2, 0) is 0 Å². The number of rotatable bonds is 2. The zero-order chi connectivity index (χ0) is 18.4. The van der Waals surface area contributed by atoms with E-state index in [2.05, 4.69) is 72.6 Å². The van der Waals surface area contributed by atoms with Crippen molar-refractivity contribution in [1.82, 2.24) is 4.90 Å². The van der Waals surface area contributed by atoms with Crippen molar-refractivity contribution >= 4 is 44.5 Å². The van der Waals surface area contributed by atoms with Gasteiger partial charge in [0, 0.05) is 27.7 Å². The first-order valence-electron chi connectivity index (χ1n) is 8.86. The molecule has 1 unspecified atom stereocenters. The zero-order valence-corrected chi connectivity index (χ0v) is 16.3. The van der Waals surface area contributed by atoms with Crippen molar-refractivity contribution in [2.45, 2.75) is 6.04 Å². The van der Waals surface area contributed by atoms with E-state index in [1.807, 2.05) is 18.2 Å². The Kier molecular flexibility index (Phi) is 4.00. The van der Waals surface area contributed by atoms with Gasteiger partial charge in [0.25, 0.3) is 0 Å². The number of fused-ring (bicyclic) bond motifs is 3. The molecule has 3 aromatic carbocycles. The van der Waals surface area contributed by atoms with Gasteiger partial charge in [-0.05, 0) is 23.8 Å². The molecule has 4 aromatic rings. The average Bonchev–Trinajstić information content (AvgIpc) is 3.05. The van der Waals surface area contributed by atoms with Gasteiger partial charge >= 0.3 is 0 Å². The van der Waals surface area contributed by atoms with Crippen LogP contribution < -0.4 is 0 Å². The molecule has 1 aliphatic rings. The number of hydrogen-bond acceptors (Lipinski definition) is 3. The second kappa shape index (κ2) is 6.52. The van der Waals surface area contributed by atoms with Crippen molar-refractivity contribution in [3.05, 3.63) is 99.9 Å². The fourth-order valence-corrected chi connectivity index (χ4v) is 5.32. The van der Waals surface area contributed by atoms with Gasteiger partial charge in [0.2, 0.25) is 0 Å². The van der Waals surface area contributed by atoms with E-state index >= 15 is 0 Å². The Morgan fingerprint density at radius 3 is 2.37 bits per heavy atom. The van der Waals surface area contributed by atoms with Gasteiger partial charge in [-0.25, -0.2) is 4.99 Å². The Labute approximate surface area is 167 Å². The van der Waals surface area contributed by atoms with Gasteiger partial charge in [-0.1, -0.05) is 72.3 Å². The summed E-state index contributed by atoms with van der Waals surface area (Å²) in [5.74, 6) is 0.992. The van der Waals surface area contributed by atoms with Gasteiger partial charge in [0.15, 0.2) is 0 Å². The van der Waals surface area contributed by atoms with Crippen molar-refractivity contribution in [3.63, 3.8) is 0 Å². The van der Waals surface area contributed by atoms with Crippen LogP contribution in [0.3, 0.4) is 0 Å². The highest BCUT2D eigenvalue weighted by atomic mass is 35.5. The maximum absolute atomic E-state index is 6.25. The minimum atomic E-state index is 0.130. The molecule has 2 heterocycles. The molecule has 5 rings (SSSR count). The molecule has 0 bridgehead atoms. The summed E-state index contributed by atoms with van der Waals surface area (Å²) in [5.41, 5.74) is 3.46. The van der Waals surface area contributed by atoms with Crippen LogP contribution in [0.25, 0.3) is 10.1 Å². The number of nitrogens with zero attached hydrogens (tertiary/aromatic N) is 2. The summed E-state index contributed by atoms with van der Waals surface area (Å²) >= 11 is 8.03. The van der Waals surface area contributed by atoms with Crippen LogP contribution in [0.5, 0.6) is 0 Å². The van der Waals surface area contributed by atoms with Crippen molar-refractivity contribution in [2.75, 3.05) is 7.05 Å². The van der Waals surface area contributed by atoms with Crippen LogP contribution in [0.1, 0.15) is 22.0 Å². The summed E-state index contributed by atoms with van der Waals surface area (Å²) in [5, 5.41) is 1.93. The van der Waals surface area contributed by atoms with Crippen molar-refractivity contribution in [1.29, 1.82) is 0 Å². The van der Waals surface area contributed by atoms with Crippen molar-refractivity contribution in [3.8, 4) is 0 Å². The summed E-state index contributed by atoms with van der Waals surface area (Å²) in [6.45, 7) is 0. The molecule has 2 nitrogen and oxygen atoms in total. The van der Waals surface area contributed by atoms with Gasteiger partial charge in [-0.15, -0.1) is 11.3 Å². The quantitative estimate of drug-likeness (QED) is 0.374. The number of thiophene rings is 1. The molecular formula is C23H17ClN2S. The third-order valence-corrected chi connectivity index (χ3v) is 6.42. The fraction of sp³-hybridized carbons (Fsp3) is 0.0870. The molecule has 27 heavy (non-hydrogen) atoms. The monoisotopic (exact) mass is 388 g/mol. The van der Waals surface area contributed by atoms with E-state index in [4.69, 9.17) is 16.6 Å². The van der Waals surface area contributed by atoms with E-state index in [0.717, 1.165) is 22.1 Å². The summed E-state index contributed by atoms with van der Waals surface area (Å²) in [4.78, 5) is 8.65. The molecule has 4 heteroatoms. The molecule has 1 aromatic heterocycles. The normalized spacial score (nSPS) is 16.3. The first-order valence-corrected chi connectivity index (χ1v) is 10.1. The maximum atomic E-state index is 6.25. The number of hydrogen-bond donors (Lipinski definition) is 0. The molecule has 0 radical (unpaired) electrons. The molecule has 0 aliphatic carbocycles. The first-order chi connectivity index (χ1) is 13.2.